The number of pyridine rings is 1. The van der Waals surface area contributed by atoms with Gasteiger partial charge in [0.15, 0.2) is 11.1 Å². The highest BCUT2D eigenvalue weighted by Crippen LogP contribution is 2.32. The number of aromatic nitrogens is 1. The van der Waals surface area contributed by atoms with E-state index >= 15 is 0 Å². The normalized spacial score (nSPS) is 13.7. The van der Waals surface area contributed by atoms with Crippen molar-refractivity contribution in [2.24, 2.45) is 0 Å². The molecule has 1 rings (SSSR count). The van der Waals surface area contributed by atoms with E-state index in [0.29, 0.717) is 12.2 Å². The molecule has 0 fully saturated rings. The quantitative estimate of drug-likeness (QED) is 0.343. The summed E-state index contributed by atoms with van der Waals surface area (Å²) in [6, 6.07) is 2.88. The smallest absolute Gasteiger partial charge is 0.292 e. The van der Waals surface area contributed by atoms with E-state index in [1.165, 1.54) is 12.1 Å². The van der Waals surface area contributed by atoms with Crippen LogP contribution < -0.4 is 4.90 Å². The largest absolute Gasteiger partial charge is 0.363 e. The van der Waals surface area contributed by atoms with Crippen LogP contribution in [0.1, 0.15) is 43.6 Å². The molecule has 1 aromatic rings. The van der Waals surface area contributed by atoms with Gasteiger partial charge in [-0.1, -0.05) is 26.2 Å². The van der Waals surface area contributed by atoms with Crippen LogP contribution >= 0.6 is 0 Å². The first kappa shape index (κ1) is 17.5. The van der Waals surface area contributed by atoms with Crippen molar-refractivity contribution in [3.63, 3.8) is 0 Å². The zero-order chi connectivity index (χ0) is 16.0. The Morgan fingerprint density at radius 1 is 1.43 bits per heavy atom. The Morgan fingerprint density at radius 2 is 2.10 bits per heavy atom. The number of hydrogen-bond acceptors (Lipinski definition) is 5. The van der Waals surface area contributed by atoms with Crippen LogP contribution in [0.25, 0.3) is 0 Å². The van der Waals surface area contributed by atoms with Gasteiger partial charge in [0.2, 0.25) is 0 Å². The molecule has 7 nitrogen and oxygen atoms in total. The molecule has 0 aromatic carbocycles. The summed E-state index contributed by atoms with van der Waals surface area (Å²) in [6.45, 7) is 2.03. The van der Waals surface area contributed by atoms with Crippen LogP contribution in [0.2, 0.25) is 0 Å². The summed E-state index contributed by atoms with van der Waals surface area (Å²) < 4.78 is 21.1. The monoisotopic (exact) mass is 315 g/mol. The van der Waals surface area contributed by atoms with Crippen LogP contribution in [0.15, 0.2) is 12.1 Å². The maximum atomic E-state index is 11.6. The lowest BCUT2D eigenvalue weighted by molar-refractivity contribution is -0.386. The molecule has 1 heterocycles. The van der Waals surface area contributed by atoms with E-state index in [0.717, 1.165) is 19.3 Å². The maximum absolute atomic E-state index is 11.6. The Kier molecular flexibility index (Phi) is 6.70. The number of rotatable bonds is 8. The molecule has 2 unspecified atom stereocenters. The molecular weight excluding hydrogens is 294 g/mol. The van der Waals surface area contributed by atoms with E-state index in [2.05, 4.69) is 4.98 Å². The van der Waals surface area contributed by atoms with Crippen LogP contribution in [-0.2, 0) is 11.1 Å². The number of unbranched alkanes of at least 4 members (excludes halogenated alkanes) is 2. The average Bonchev–Trinajstić information content (AvgIpc) is 2.42. The van der Waals surface area contributed by atoms with Crippen LogP contribution in [0, 0.1) is 10.1 Å². The van der Waals surface area contributed by atoms with E-state index in [4.69, 9.17) is 0 Å². The first-order chi connectivity index (χ1) is 9.88. The predicted molar refractivity (Wildman–Crippen MR) is 82.9 cm³/mol. The molecule has 1 aromatic heterocycles. The summed E-state index contributed by atoms with van der Waals surface area (Å²) >= 11 is -2.19. The fourth-order valence-electron chi connectivity index (χ4n) is 2.01. The molecule has 0 amide bonds. The Morgan fingerprint density at radius 3 is 2.57 bits per heavy atom. The summed E-state index contributed by atoms with van der Waals surface area (Å²) in [6.07, 6.45) is 3.02. The topological polar surface area (TPSA) is 96.6 Å². The van der Waals surface area contributed by atoms with Gasteiger partial charge in [0.1, 0.15) is 16.8 Å². The minimum absolute atomic E-state index is 0.0862. The van der Waals surface area contributed by atoms with Crippen LogP contribution in [0.5, 0.6) is 0 Å². The van der Waals surface area contributed by atoms with Crippen molar-refractivity contribution in [1.29, 1.82) is 0 Å². The molecule has 0 saturated heterocycles. The lowest BCUT2D eigenvalue weighted by atomic mass is 10.1. The predicted octanol–water partition coefficient (Wildman–Crippen LogP) is 2.90. The molecule has 0 aliphatic heterocycles. The first-order valence-electron chi connectivity index (χ1n) is 6.80. The minimum Gasteiger partial charge on any atom is -0.363 e. The van der Waals surface area contributed by atoms with Gasteiger partial charge in [-0.2, -0.15) is 0 Å². The molecule has 0 bridgehead atoms. The summed E-state index contributed by atoms with van der Waals surface area (Å²) in [4.78, 5) is 16.5. The fourth-order valence-corrected chi connectivity index (χ4v) is 2.74. The third-order valence-electron chi connectivity index (χ3n) is 3.16. The van der Waals surface area contributed by atoms with Gasteiger partial charge in [-0.25, -0.2) is 9.19 Å². The van der Waals surface area contributed by atoms with Gasteiger partial charge in [-0.05, 0) is 12.5 Å². The van der Waals surface area contributed by atoms with Gasteiger partial charge >= 0.3 is 0 Å². The molecule has 0 aliphatic rings. The highest BCUT2D eigenvalue weighted by Gasteiger charge is 2.28. The Balaban J connectivity index is 3.22. The zero-order valence-electron chi connectivity index (χ0n) is 12.5. The number of hydrogen-bond donors (Lipinski definition) is 1. The second-order valence-corrected chi connectivity index (χ2v) is 6.11. The van der Waals surface area contributed by atoms with E-state index in [1.807, 2.05) is 6.92 Å². The molecule has 21 heavy (non-hydrogen) atoms. The van der Waals surface area contributed by atoms with E-state index in [9.17, 15) is 18.9 Å². The fraction of sp³-hybridized carbons (Fsp3) is 0.615. The lowest BCUT2D eigenvalue weighted by Crippen LogP contribution is -2.16. The summed E-state index contributed by atoms with van der Waals surface area (Å²) in [5.41, 5.74) is -0.118. The first-order valence-corrected chi connectivity index (χ1v) is 7.97. The summed E-state index contributed by atoms with van der Waals surface area (Å²) in [7, 11) is 3.53. The molecule has 0 aliphatic carbocycles. The Labute approximate surface area is 126 Å². The SMILES string of the molecule is CCCCCC(c1nc(N(C)C)ccc1[N+](=O)[O-])S(=O)O. The van der Waals surface area contributed by atoms with E-state index in [1.54, 1.807) is 19.0 Å². The highest BCUT2D eigenvalue weighted by atomic mass is 32.2. The number of nitrogens with zero attached hydrogens (tertiary/aromatic N) is 3. The van der Waals surface area contributed by atoms with Crippen molar-refractivity contribution in [2.45, 2.75) is 37.9 Å². The summed E-state index contributed by atoms with van der Waals surface area (Å²) in [5.74, 6) is 0.529. The van der Waals surface area contributed by atoms with E-state index < -0.39 is 21.3 Å². The average molecular weight is 315 g/mol. The van der Waals surface area contributed by atoms with Gasteiger partial charge in [0, 0.05) is 20.2 Å². The van der Waals surface area contributed by atoms with Crippen LogP contribution in [0.3, 0.4) is 0 Å². The summed E-state index contributed by atoms with van der Waals surface area (Å²) in [5, 5.41) is 10.3. The van der Waals surface area contributed by atoms with E-state index in [-0.39, 0.29) is 11.4 Å². The van der Waals surface area contributed by atoms with Crippen molar-refractivity contribution in [3.05, 3.63) is 27.9 Å². The maximum Gasteiger partial charge on any atom is 0.292 e. The highest BCUT2D eigenvalue weighted by molar-refractivity contribution is 7.79. The molecule has 0 spiro atoms. The van der Waals surface area contributed by atoms with Gasteiger partial charge in [0.05, 0.1) is 4.92 Å². The third kappa shape index (κ3) is 4.75. The molecular formula is C13H21N3O4S. The molecule has 8 heteroatoms. The molecule has 2 atom stereocenters. The Hall–Kier alpha value is -1.54. The minimum atomic E-state index is -2.19. The second kappa shape index (κ2) is 8.04. The van der Waals surface area contributed by atoms with Crippen LogP contribution in [0.4, 0.5) is 11.5 Å². The van der Waals surface area contributed by atoms with Crippen molar-refractivity contribution in [1.82, 2.24) is 4.98 Å². The zero-order valence-corrected chi connectivity index (χ0v) is 13.3. The standard InChI is InChI=1S/C13H21N3O4S/c1-4-5-6-7-11(21(19)20)13-10(16(17)18)8-9-12(14-13)15(2)3/h8-9,11H,4-7H2,1-3H3,(H,19,20). The number of nitro groups is 1. The van der Waals surface area contributed by atoms with Gasteiger partial charge in [-0.3, -0.25) is 10.1 Å². The van der Waals surface area contributed by atoms with Gasteiger partial charge in [0.25, 0.3) is 5.69 Å². The number of anilines is 1. The van der Waals surface area contributed by atoms with Gasteiger partial charge in [-0.15, -0.1) is 0 Å². The van der Waals surface area contributed by atoms with Crippen LogP contribution in [-0.4, -0.2) is 32.8 Å². The molecule has 0 saturated carbocycles. The van der Waals surface area contributed by atoms with Crippen molar-refractivity contribution in [2.75, 3.05) is 19.0 Å². The molecule has 1 N–H and O–H groups in total. The van der Waals surface area contributed by atoms with Crippen molar-refractivity contribution >= 4 is 22.6 Å². The van der Waals surface area contributed by atoms with Crippen molar-refractivity contribution < 1.29 is 13.7 Å². The Bertz CT molecular complexity index is 522. The molecule has 118 valence electrons. The van der Waals surface area contributed by atoms with Crippen molar-refractivity contribution in [3.8, 4) is 0 Å². The third-order valence-corrected chi connectivity index (χ3v) is 4.11. The second-order valence-electron chi connectivity index (χ2n) is 4.99. The van der Waals surface area contributed by atoms with Gasteiger partial charge < -0.3 is 9.45 Å². The lowest BCUT2D eigenvalue weighted by Gasteiger charge is -2.16. The molecule has 0 radical (unpaired) electrons.